The summed E-state index contributed by atoms with van der Waals surface area (Å²) < 4.78 is 12.6. The molecule has 0 spiro atoms. The summed E-state index contributed by atoms with van der Waals surface area (Å²) in [6.45, 7) is 5.39. The molecule has 0 radical (unpaired) electrons. The Labute approximate surface area is 128 Å². The van der Waals surface area contributed by atoms with E-state index in [1.54, 1.807) is 0 Å². The Morgan fingerprint density at radius 1 is 1.25 bits per heavy atom. The highest BCUT2D eigenvalue weighted by Gasteiger charge is 2.24. The van der Waals surface area contributed by atoms with Gasteiger partial charge in [-0.15, -0.1) is 0 Å². The van der Waals surface area contributed by atoms with Gasteiger partial charge >= 0.3 is 0 Å². The highest BCUT2D eigenvalue weighted by Crippen LogP contribution is 2.28. The van der Waals surface area contributed by atoms with Crippen LogP contribution in [0.2, 0.25) is 0 Å². The zero-order chi connectivity index (χ0) is 13.8. The third-order valence-electron chi connectivity index (χ3n) is 3.81. The second-order valence-corrected chi connectivity index (χ2v) is 6.17. The van der Waals surface area contributed by atoms with E-state index in [0.717, 1.165) is 50.3 Å². The van der Waals surface area contributed by atoms with Crippen molar-refractivity contribution >= 4 is 15.9 Å². The minimum absolute atomic E-state index is 0.157. The number of benzene rings is 1. The smallest absolute Gasteiger partial charge is 0.0963 e. The molecule has 0 bridgehead atoms. The van der Waals surface area contributed by atoms with Gasteiger partial charge in [0.15, 0.2) is 0 Å². The number of morpholine rings is 1. The van der Waals surface area contributed by atoms with Crippen LogP contribution in [-0.4, -0.2) is 44.4 Å². The topological polar surface area (TPSA) is 21.7 Å². The summed E-state index contributed by atoms with van der Waals surface area (Å²) in [5.74, 6) is 0. The highest BCUT2D eigenvalue weighted by atomic mass is 79.9. The van der Waals surface area contributed by atoms with Crippen molar-refractivity contribution in [2.45, 2.75) is 12.5 Å². The molecule has 3 rings (SSSR count). The van der Waals surface area contributed by atoms with E-state index in [4.69, 9.17) is 9.47 Å². The van der Waals surface area contributed by atoms with Crippen molar-refractivity contribution in [3.63, 3.8) is 0 Å². The van der Waals surface area contributed by atoms with Gasteiger partial charge in [-0.2, -0.15) is 0 Å². The monoisotopic (exact) mass is 337 g/mol. The summed E-state index contributed by atoms with van der Waals surface area (Å²) >= 11 is 3.62. The summed E-state index contributed by atoms with van der Waals surface area (Å²) in [6.07, 6.45) is 3.53. The maximum absolute atomic E-state index is 5.94. The number of nitrogens with zero attached hydrogens (tertiary/aromatic N) is 1. The van der Waals surface area contributed by atoms with Crippen LogP contribution in [0.1, 0.15) is 18.1 Å². The molecule has 108 valence electrons. The van der Waals surface area contributed by atoms with Crippen molar-refractivity contribution in [1.29, 1.82) is 0 Å². The van der Waals surface area contributed by atoms with Crippen LogP contribution < -0.4 is 0 Å². The molecule has 1 aromatic rings. The fourth-order valence-electron chi connectivity index (χ4n) is 2.78. The van der Waals surface area contributed by atoms with Crippen LogP contribution in [0.25, 0.3) is 0 Å². The van der Waals surface area contributed by atoms with Crippen LogP contribution >= 0.6 is 15.9 Å². The predicted octanol–water partition coefficient (Wildman–Crippen LogP) is 3.17. The summed E-state index contributed by atoms with van der Waals surface area (Å²) in [6, 6.07) is 8.33. The first-order chi connectivity index (χ1) is 9.83. The van der Waals surface area contributed by atoms with Crippen molar-refractivity contribution in [3.05, 3.63) is 46.0 Å². The Morgan fingerprint density at radius 3 is 2.95 bits per heavy atom. The van der Waals surface area contributed by atoms with E-state index in [9.17, 15) is 0 Å². The molecular formula is C16H20BrNO2. The third kappa shape index (κ3) is 3.50. The Hall–Kier alpha value is -0.680. The molecule has 3 nitrogen and oxygen atoms in total. The lowest BCUT2D eigenvalue weighted by Crippen LogP contribution is -2.40. The molecule has 1 aromatic carbocycles. The molecule has 20 heavy (non-hydrogen) atoms. The molecule has 0 N–H and O–H groups in total. The minimum Gasteiger partial charge on any atom is -0.377 e. The van der Waals surface area contributed by atoms with Gasteiger partial charge in [0.25, 0.3) is 0 Å². The summed E-state index contributed by atoms with van der Waals surface area (Å²) in [4.78, 5) is 2.47. The van der Waals surface area contributed by atoms with Crippen molar-refractivity contribution in [3.8, 4) is 0 Å². The average molecular weight is 338 g/mol. The third-order valence-corrected chi connectivity index (χ3v) is 4.53. The minimum atomic E-state index is 0.157. The molecule has 2 aliphatic rings. The zero-order valence-electron chi connectivity index (χ0n) is 11.6. The van der Waals surface area contributed by atoms with Gasteiger partial charge < -0.3 is 9.47 Å². The fourth-order valence-corrected chi connectivity index (χ4v) is 3.32. The quantitative estimate of drug-likeness (QED) is 0.791. The molecule has 0 saturated carbocycles. The largest absolute Gasteiger partial charge is 0.377 e. The van der Waals surface area contributed by atoms with E-state index < -0.39 is 0 Å². The Balaban J connectivity index is 1.64. The first-order valence-electron chi connectivity index (χ1n) is 7.17. The van der Waals surface area contributed by atoms with Crippen molar-refractivity contribution in [2.75, 3.05) is 39.5 Å². The maximum atomic E-state index is 5.94. The van der Waals surface area contributed by atoms with Crippen molar-refractivity contribution in [1.82, 2.24) is 4.90 Å². The molecule has 2 aliphatic heterocycles. The molecule has 0 aliphatic carbocycles. The molecule has 1 fully saturated rings. The van der Waals surface area contributed by atoms with E-state index in [0.29, 0.717) is 0 Å². The van der Waals surface area contributed by atoms with Crippen molar-refractivity contribution in [2.24, 2.45) is 0 Å². The first kappa shape index (κ1) is 14.3. The number of halogens is 1. The van der Waals surface area contributed by atoms with Gasteiger partial charge in [-0.25, -0.2) is 0 Å². The fraction of sp³-hybridized carbons (Fsp3) is 0.500. The summed E-state index contributed by atoms with van der Waals surface area (Å²) in [5.41, 5.74) is 2.65. The van der Waals surface area contributed by atoms with Gasteiger partial charge in [0.2, 0.25) is 0 Å². The molecular weight excluding hydrogens is 318 g/mol. The maximum Gasteiger partial charge on any atom is 0.0963 e. The van der Waals surface area contributed by atoms with Crippen LogP contribution in [0.5, 0.6) is 0 Å². The Kier molecular flexibility index (Phi) is 4.89. The van der Waals surface area contributed by atoms with Gasteiger partial charge in [0.1, 0.15) is 0 Å². The predicted molar refractivity (Wildman–Crippen MR) is 82.8 cm³/mol. The standard InChI is InChI=1S/C16H20BrNO2/c17-15-6-2-1-5-14(15)16-11-18(7-9-20-16)10-13-4-3-8-19-12-13/h1-2,4-6,16H,3,7-12H2/t16-/m0/s1. The second-order valence-electron chi connectivity index (χ2n) is 5.32. The summed E-state index contributed by atoms with van der Waals surface area (Å²) in [7, 11) is 0. The van der Waals surface area contributed by atoms with E-state index in [-0.39, 0.29) is 6.10 Å². The lowest BCUT2D eigenvalue weighted by molar-refractivity contribution is -0.0284. The number of rotatable bonds is 3. The number of ether oxygens (including phenoxy) is 2. The molecule has 1 saturated heterocycles. The normalized spacial score (nSPS) is 24.4. The van der Waals surface area contributed by atoms with Gasteiger partial charge in [-0.3, -0.25) is 4.90 Å². The van der Waals surface area contributed by atoms with Crippen LogP contribution in [0, 0.1) is 0 Å². The molecule has 1 atom stereocenters. The van der Waals surface area contributed by atoms with Gasteiger partial charge in [-0.05, 0) is 23.6 Å². The van der Waals surface area contributed by atoms with Gasteiger partial charge in [0.05, 0.1) is 25.9 Å². The number of hydrogen-bond acceptors (Lipinski definition) is 3. The van der Waals surface area contributed by atoms with E-state index in [2.05, 4.69) is 45.1 Å². The Morgan fingerprint density at radius 2 is 2.15 bits per heavy atom. The zero-order valence-corrected chi connectivity index (χ0v) is 13.1. The van der Waals surface area contributed by atoms with Crippen LogP contribution in [0.15, 0.2) is 40.4 Å². The lowest BCUT2D eigenvalue weighted by atomic mass is 10.1. The SMILES string of the molecule is Brc1ccccc1[C@@H]1CN(CC2=CCCOC2)CCO1. The second kappa shape index (κ2) is 6.85. The Bertz CT molecular complexity index is 489. The van der Waals surface area contributed by atoms with Crippen LogP contribution in [0.4, 0.5) is 0 Å². The summed E-state index contributed by atoms with van der Waals surface area (Å²) in [5, 5.41) is 0. The first-order valence-corrected chi connectivity index (χ1v) is 7.96. The van der Waals surface area contributed by atoms with Crippen LogP contribution in [-0.2, 0) is 9.47 Å². The lowest BCUT2D eigenvalue weighted by Gasteiger charge is -2.34. The molecule has 0 aromatic heterocycles. The van der Waals surface area contributed by atoms with E-state index in [1.165, 1.54) is 11.1 Å². The van der Waals surface area contributed by atoms with Gasteiger partial charge in [0, 0.05) is 24.1 Å². The van der Waals surface area contributed by atoms with E-state index >= 15 is 0 Å². The molecule has 0 amide bonds. The molecule has 0 unspecified atom stereocenters. The van der Waals surface area contributed by atoms with E-state index in [1.807, 2.05) is 6.07 Å². The number of hydrogen-bond donors (Lipinski definition) is 0. The highest BCUT2D eigenvalue weighted by molar-refractivity contribution is 9.10. The average Bonchev–Trinajstić information content (AvgIpc) is 2.49. The molecule has 2 heterocycles. The molecule has 4 heteroatoms. The van der Waals surface area contributed by atoms with Crippen LogP contribution in [0.3, 0.4) is 0 Å². The van der Waals surface area contributed by atoms with Gasteiger partial charge in [-0.1, -0.05) is 40.2 Å². The van der Waals surface area contributed by atoms with Crippen molar-refractivity contribution < 1.29 is 9.47 Å².